The SMILES string of the molecule is COc1cc(C(=O)N(C/C=C/c2ccccc2)c2ccc3c(c2)OCCO3)cc(OC)c1OC. The van der Waals surface area contributed by atoms with Gasteiger partial charge in [0.15, 0.2) is 23.0 Å². The van der Waals surface area contributed by atoms with Gasteiger partial charge >= 0.3 is 0 Å². The minimum atomic E-state index is -0.228. The number of carbonyl (C=O) groups is 1. The van der Waals surface area contributed by atoms with Crippen molar-refractivity contribution < 1.29 is 28.5 Å². The van der Waals surface area contributed by atoms with Crippen LogP contribution in [0.1, 0.15) is 15.9 Å². The van der Waals surface area contributed by atoms with Gasteiger partial charge in [0.25, 0.3) is 5.91 Å². The van der Waals surface area contributed by atoms with Crippen molar-refractivity contribution >= 4 is 17.7 Å². The quantitative estimate of drug-likeness (QED) is 0.478. The molecule has 0 radical (unpaired) electrons. The molecule has 1 heterocycles. The maximum atomic E-state index is 13.8. The molecule has 0 bridgehead atoms. The molecule has 0 saturated heterocycles. The van der Waals surface area contributed by atoms with Crippen LogP contribution in [0.25, 0.3) is 6.08 Å². The summed E-state index contributed by atoms with van der Waals surface area (Å²) in [7, 11) is 4.57. The summed E-state index contributed by atoms with van der Waals surface area (Å²) < 4.78 is 27.7. The topological polar surface area (TPSA) is 66.5 Å². The van der Waals surface area contributed by atoms with Crippen LogP contribution < -0.4 is 28.6 Å². The Hall–Kier alpha value is -4.13. The molecule has 7 heteroatoms. The maximum absolute atomic E-state index is 13.8. The molecule has 7 nitrogen and oxygen atoms in total. The van der Waals surface area contributed by atoms with E-state index in [-0.39, 0.29) is 5.91 Å². The maximum Gasteiger partial charge on any atom is 0.258 e. The van der Waals surface area contributed by atoms with Crippen LogP contribution >= 0.6 is 0 Å². The minimum absolute atomic E-state index is 0.228. The number of carbonyl (C=O) groups excluding carboxylic acids is 1. The highest BCUT2D eigenvalue weighted by atomic mass is 16.6. The largest absolute Gasteiger partial charge is 0.493 e. The Morgan fingerprint density at radius 2 is 1.56 bits per heavy atom. The molecule has 0 spiro atoms. The number of nitrogens with zero attached hydrogens (tertiary/aromatic N) is 1. The summed E-state index contributed by atoms with van der Waals surface area (Å²) in [5.74, 6) is 2.29. The number of ether oxygens (including phenoxy) is 5. The predicted octanol–water partition coefficient (Wildman–Crippen LogP) is 4.84. The van der Waals surface area contributed by atoms with Gasteiger partial charge in [0, 0.05) is 23.9 Å². The van der Waals surface area contributed by atoms with Crippen molar-refractivity contribution in [2.45, 2.75) is 0 Å². The highest BCUT2D eigenvalue weighted by Gasteiger charge is 2.23. The van der Waals surface area contributed by atoms with E-state index in [2.05, 4.69) is 0 Å². The first-order valence-corrected chi connectivity index (χ1v) is 10.9. The van der Waals surface area contributed by atoms with E-state index in [9.17, 15) is 4.79 Å². The Bertz CT molecular complexity index is 1150. The highest BCUT2D eigenvalue weighted by Crippen LogP contribution is 2.39. The molecule has 0 aromatic heterocycles. The molecule has 1 amide bonds. The van der Waals surface area contributed by atoms with Gasteiger partial charge in [0.2, 0.25) is 5.75 Å². The fourth-order valence-corrected chi connectivity index (χ4v) is 3.72. The zero-order valence-electron chi connectivity index (χ0n) is 19.4. The van der Waals surface area contributed by atoms with Gasteiger partial charge in [-0.05, 0) is 29.8 Å². The lowest BCUT2D eigenvalue weighted by Crippen LogP contribution is -2.31. The van der Waals surface area contributed by atoms with E-state index in [1.807, 2.05) is 60.7 Å². The third-order valence-electron chi connectivity index (χ3n) is 5.39. The molecular weight excluding hydrogens is 434 g/mol. The summed E-state index contributed by atoms with van der Waals surface area (Å²) in [4.78, 5) is 15.4. The molecule has 0 fully saturated rings. The van der Waals surface area contributed by atoms with Crippen LogP contribution in [0.4, 0.5) is 5.69 Å². The summed E-state index contributed by atoms with van der Waals surface area (Å²) in [6.45, 7) is 1.30. The van der Waals surface area contributed by atoms with E-state index >= 15 is 0 Å². The number of amides is 1. The number of anilines is 1. The molecular formula is C27H27NO6. The van der Waals surface area contributed by atoms with Gasteiger partial charge in [0.05, 0.1) is 21.3 Å². The van der Waals surface area contributed by atoms with Crippen LogP contribution in [-0.2, 0) is 0 Å². The molecule has 34 heavy (non-hydrogen) atoms. The van der Waals surface area contributed by atoms with Gasteiger partial charge in [-0.1, -0.05) is 42.5 Å². The number of fused-ring (bicyclic) bond motifs is 1. The Morgan fingerprint density at radius 1 is 0.882 bits per heavy atom. The standard InChI is InChI=1S/C27H27NO6/c1-30-24-16-20(17-25(31-2)26(24)32-3)27(29)28(13-7-10-19-8-5-4-6-9-19)21-11-12-22-23(18-21)34-15-14-33-22/h4-12,16-18H,13-15H2,1-3H3/b10-7+. The Morgan fingerprint density at radius 3 is 2.21 bits per heavy atom. The molecule has 3 aromatic rings. The molecule has 176 valence electrons. The summed E-state index contributed by atoms with van der Waals surface area (Å²) in [6, 6.07) is 18.7. The predicted molar refractivity (Wildman–Crippen MR) is 131 cm³/mol. The van der Waals surface area contributed by atoms with Gasteiger partial charge in [0.1, 0.15) is 13.2 Å². The fraction of sp³-hybridized carbons (Fsp3) is 0.222. The third kappa shape index (κ3) is 4.93. The second-order valence-electron chi connectivity index (χ2n) is 7.47. The van der Waals surface area contributed by atoms with E-state index in [0.29, 0.717) is 59.8 Å². The summed E-state index contributed by atoms with van der Waals surface area (Å²) >= 11 is 0. The van der Waals surface area contributed by atoms with Crippen molar-refractivity contribution in [1.29, 1.82) is 0 Å². The van der Waals surface area contributed by atoms with Crippen molar-refractivity contribution in [3.05, 3.63) is 77.9 Å². The zero-order chi connectivity index (χ0) is 23.9. The molecule has 0 aliphatic carbocycles. The highest BCUT2D eigenvalue weighted by molar-refractivity contribution is 6.07. The first-order valence-electron chi connectivity index (χ1n) is 10.9. The van der Waals surface area contributed by atoms with Crippen molar-refractivity contribution in [3.63, 3.8) is 0 Å². The molecule has 0 saturated carbocycles. The fourth-order valence-electron chi connectivity index (χ4n) is 3.72. The third-order valence-corrected chi connectivity index (χ3v) is 5.39. The van der Waals surface area contributed by atoms with Crippen LogP contribution in [0.5, 0.6) is 28.7 Å². The number of hydrogen-bond acceptors (Lipinski definition) is 6. The normalized spacial score (nSPS) is 12.3. The van der Waals surface area contributed by atoms with Crippen molar-refractivity contribution in [1.82, 2.24) is 0 Å². The molecule has 1 aliphatic rings. The second kappa shape index (κ2) is 10.7. The number of hydrogen-bond donors (Lipinski definition) is 0. The summed E-state index contributed by atoms with van der Waals surface area (Å²) in [5.41, 5.74) is 2.13. The zero-order valence-corrected chi connectivity index (χ0v) is 19.4. The van der Waals surface area contributed by atoms with Gasteiger partial charge in [-0.25, -0.2) is 0 Å². The lowest BCUT2D eigenvalue weighted by Gasteiger charge is -2.25. The van der Waals surface area contributed by atoms with Gasteiger partial charge in [-0.2, -0.15) is 0 Å². The Labute approximate surface area is 199 Å². The smallest absolute Gasteiger partial charge is 0.258 e. The van der Waals surface area contributed by atoms with E-state index in [4.69, 9.17) is 23.7 Å². The molecule has 0 N–H and O–H groups in total. The van der Waals surface area contributed by atoms with Gasteiger partial charge < -0.3 is 28.6 Å². The lowest BCUT2D eigenvalue weighted by molar-refractivity contribution is 0.0988. The van der Waals surface area contributed by atoms with Crippen LogP contribution in [0.15, 0.2) is 66.7 Å². The number of methoxy groups -OCH3 is 3. The van der Waals surface area contributed by atoms with Crippen molar-refractivity contribution in [2.75, 3.05) is 46.0 Å². The van der Waals surface area contributed by atoms with Crippen molar-refractivity contribution in [3.8, 4) is 28.7 Å². The van der Waals surface area contributed by atoms with Crippen molar-refractivity contribution in [2.24, 2.45) is 0 Å². The average Bonchev–Trinajstić information content (AvgIpc) is 2.90. The molecule has 4 rings (SSSR count). The number of rotatable bonds is 8. The summed E-state index contributed by atoms with van der Waals surface area (Å²) in [5, 5.41) is 0. The first-order chi connectivity index (χ1) is 16.6. The van der Waals surface area contributed by atoms with Crippen LogP contribution in [0.2, 0.25) is 0 Å². The molecule has 0 unspecified atom stereocenters. The van der Waals surface area contributed by atoms with Crippen LogP contribution in [0, 0.1) is 0 Å². The molecule has 3 aromatic carbocycles. The average molecular weight is 462 g/mol. The van der Waals surface area contributed by atoms with Gasteiger partial charge in [-0.15, -0.1) is 0 Å². The second-order valence-corrected chi connectivity index (χ2v) is 7.47. The van der Waals surface area contributed by atoms with E-state index in [0.717, 1.165) is 5.56 Å². The lowest BCUT2D eigenvalue weighted by atomic mass is 10.1. The van der Waals surface area contributed by atoms with Crippen LogP contribution in [-0.4, -0.2) is 47.0 Å². The summed E-state index contributed by atoms with van der Waals surface area (Å²) in [6.07, 6.45) is 3.93. The van der Waals surface area contributed by atoms with Gasteiger partial charge in [-0.3, -0.25) is 4.79 Å². The monoisotopic (exact) mass is 461 g/mol. The first kappa shape index (κ1) is 23.0. The Balaban J connectivity index is 1.71. The van der Waals surface area contributed by atoms with E-state index < -0.39 is 0 Å². The van der Waals surface area contributed by atoms with E-state index in [1.54, 1.807) is 17.0 Å². The molecule has 1 aliphatic heterocycles. The van der Waals surface area contributed by atoms with Crippen LogP contribution in [0.3, 0.4) is 0 Å². The van der Waals surface area contributed by atoms with E-state index in [1.165, 1.54) is 21.3 Å². The molecule has 0 atom stereocenters. The minimum Gasteiger partial charge on any atom is -0.493 e. The number of benzene rings is 3. The Kier molecular flexibility index (Phi) is 7.22.